The Bertz CT molecular complexity index is 869. The summed E-state index contributed by atoms with van der Waals surface area (Å²) in [5.41, 5.74) is 0. The van der Waals surface area contributed by atoms with Crippen LogP contribution in [-0.2, 0) is 11.4 Å². The van der Waals surface area contributed by atoms with E-state index in [0.717, 1.165) is 12.8 Å². The summed E-state index contributed by atoms with van der Waals surface area (Å²) < 4.78 is 7.76. The van der Waals surface area contributed by atoms with E-state index in [4.69, 9.17) is 16.3 Å². The Balaban J connectivity index is 1.58. The zero-order chi connectivity index (χ0) is 19.9. The Kier molecular flexibility index (Phi) is 6.94. The average molecular weight is 422 g/mol. The summed E-state index contributed by atoms with van der Waals surface area (Å²) in [6.07, 6.45) is 3.59. The van der Waals surface area contributed by atoms with Crippen molar-refractivity contribution in [2.75, 3.05) is 12.3 Å². The van der Waals surface area contributed by atoms with Gasteiger partial charge in [-0.05, 0) is 25.0 Å². The normalized spacial score (nSPS) is 13.0. The number of nitrogens with zero attached hydrogens (tertiary/aromatic N) is 3. The molecule has 2 N–H and O–H groups in total. The van der Waals surface area contributed by atoms with Gasteiger partial charge in [0, 0.05) is 12.6 Å². The first-order valence-electron chi connectivity index (χ1n) is 8.71. The molecule has 10 heteroatoms. The maximum Gasteiger partial charge on any atom is 0.321 e. The molecule has 1 heterocycles. The number of hydrogen-bond donors (Lipinski definition) is 2. The number of carbonyl (C=O) groups excluding carboxylic acids is 2. The number of nitrogens with one attached hydrogen (secondary N) is 2. The quantitative estimate of drug-likeness (QED) is 0.477. The highest BCUT2D eigenvalue weighted by Crippen LogP contribution is 2.39. The number of imide groups is 1. The molecule has 0 atom stereocenters. The number of ether oxygens (including phenoxy) is 1. The van der Waals surface area contributed by atoms with E-state index < -0.39 is 11.9 Å². The van der Waals surface area contributed by atoms with Gasteiger partial charge in [-0.25, -0.2) is 4.79 Å². The third kappa shape index (κ3) is 5.49. The first-order valence-corrected chi connectivity index (χ1v) is 10.1. The maximum absolute atomic E-state index is 11.9. The number of carbonyl (C=O) groups is 2. The lowest BCUT2D eigenvalue weighted by atomic mass is 10.3. The second kappa shape index (κ2) is 9.61. The van der Waals surface area contributed by atoms with E-state index in [-0.39, 0.29) is 18.9 Å². The third-order valence-electron chi connectivity index (χ3n) is 3.83. The molecule has 1 aromatic heterocycles. The highest BCUT2D eigenvalue weighted by Gasteiger charge is 2.30. The van der Waals surface area contributed by atoms with Crippen molar-refractivity contribution in [2.24, 2.45) is 0 Å². The predicted octanol–water partition coefficient (Wildman–Crippen LogP) is 2.95. The molecule has 3 amide bonds. The smallest absolute Gasteiger partial charge is 0.321 e. The molecule has 0 saturated heterocycles. The Morgan fingerprint density at radius 3 is 2.86 bits per heavy atom. The van der Waals surface area contributed by atoms with Crippen molar-refractivity contribution in [1.82, 2.24) is 25.4 Å². The minimum Gasteiger partial charge on any atom is -0.484 e. The second-order valence-corrected chi connectivity index (χ2v) is 7.40. The lowest BCUT2D eigenvalue weighted by molar-refractivity contribution is -0.117. The van der Waals surface area contributed by atoms with Crippen LogP contribution in [0, 0.1) is 0 Å². The molecular weight excluding hydrogens is 402 g/mol. The number of aromatic nitrogens is 3. The van der Waals surface area contributed by atoms with E-state index in [2.05, 4.69) is 27.4 Å². The minimum absolute atomic E-state index is 0.0533. The average Bonchev–Trinajstić information content (AvgIpc) is 3.44. The van der Waals surface area contributed by atoms with E-state index in [9.17, 15) is 9.59 Å². The molecule has 28 heavy (non-hydrogen) atoms. The summed E-state index contributed by atoms with van der Waals surface area (Å²) in [7, 11) is 0. The van der Waals surface area contributed by atoms with E-state index in [0.29, 0.717) is 27.8 Å². The third-order valence-corrected chi connectivity index (χ3v) is 5.09. The van der Waals surface area contributed by atoms with Gasteiger partial charge >= 0.3 is 6.03 Å². The lowest BCUT2D eigenvalue weighted by Crippen LogP contribution is -2.40. The molecule has 0 unspecified atom stereocenters. The van der Waals surface area contributed by atoms with Crippen molar-refractivity contribution in [2.45, 2.75) is 30.6 Å². The number of para-hydroxylation sites is 1. The fraction of sp³-hybridized carbons (Fsp3) is 0.333. The van der Waals surface area contributed by atoms with Gasteiger partial charge in [-0.3, -0.25) is 14.7 Å². The first-order chi connectivity index (χ1) is 13.6. The number of hydrogen-bond acceptors (Lipinski definition) is 6. The van der Waals surface area contributed by atoms with Crippen molar-refractivity contribution in [1.29, 1.82) is 0 Å². The van der Waals surface area contributed by atoms with Gasteiger partial charge in [0.05, 0.1) is 10.8 Å². The summed E-state index contributed by atoms with van der Waals surface area (Å²) in [4.78, 5) is 23.4. The fourth-order valence-electron chi connectivity index (χ4n) is 2.41. The van der Waals surface area contributed by atoms with Crippen molar-refractivity contribution in [3.8, 4) is 5.75 Å². The summed E-state index contributed by atoms with van der Waals surface area (Å²) in [6, 6.07) is 6.98. The van der Waals surface area contributed by atoms with Gasteiger partial charge in [0.2, 0.25) is 5.91 Å². The molecule has 8 nitrogen and oxygen atoms in total. The van der Waals surface area contributed by atoms with Crippen LogP contribution in [0.2, 0.25) is 5.02 Å². The Morgan fingerprint density at radius 2 is 2.14 bits per heavy atom. The van der Waals surface area contributed by atoms with E-state index in [1.165, 1.54) is 17.8 Å². The molecule has 148 valence electrons. The molecule has 1 aliphatic carbocycles. The molecule has 0 bridgehead atoms. The summed E-state index contributed by atoms with van der Waals surface area (Å²) in [5, 5.41) is 14.3. The zero-order valence-corrected chi connectivity index (χ0v) is 16.6. The summed E-state index contributed by atoms with van der Waals surface area (Å²) in [6.45, 7) is 4.01. The maximum atomic E-state index is 11.9. The fourth-order valence-corrected chi connectivity index (χ4v) is 3.42. The second-order valence-electron chi connectivity index (χ2n) is 6.05. The van der Waals surface area contributed by atoms with Gasteiger partial charge < -0.3 is 10.1 Å². The highest BCUT2D eigenvalue weighted by atomic mass is 35.5. The molecule has 0 radical (unpaired) electrons. The lowest BCUT2D eigenvalue weighted by Gasteiger charge is -2.10. The van der Waals surface area contributed by atoms with Crippen molar-refractivity contribution >= 4 is 35.3 Å². The van der Waals surface area contributed by atoms with Crippen LogP contribution in [0.15, 0.2) is 42.1 Å². The molecule has 1 saturated carbocycles. The number of benzene rings is 1. The predicted molar refractivity (Wildman–Crippen MR) is 107 cm³/mol. The summed E-state index contributed by atoms with van der Waals surface area (Å²) in [5.74, 6) is 0.894. The molecule has 2 aromatic rings. The van der Waals surface area contributed by atoms with Crippen molar-refractivity contribution in [3.63, 3.8) is 0 Å². The Hall–Kier alpha value is -2.52. The van der Waals surface area contributed by atoms with Crippen LogP contribution in [-0.4, -0.2) is 39.0 Å². The molecule has 0 aliphatic heterocycles. The van der Waals surface area contributed by atoms with Crippen LogP contribution in [0.3, 0.4) is 0 Å². The highest BCUT2D eigenvalue weighted by molar-refractivity contribution is 7.99. The van der Waals surface area contributed by atoms with Crippen molar-refractivity contribution in [3.05, 3.63) is 47.8 Å². The SMILES string of the molecule is C=CCNC(=O)NC(=O)CSc1nnc(COc2ccccc2Cl)n1C1CC1. The number of amides is 3. The van der Waals surface area contributed by atoms with Crippen LogP contribution >= 0.6 is 23.4 Å². The standard InChI is InChI=1S/C18H20ClN5O3S/c1-2-9-20-17(26)21-16(25)11-28-18-23-22-15(24(18)12-7-8-12)10-27-14-6-4-3-5-13(14)19/h2-6,12H,1,7-11H2,(H2,20,21,25,26). The van der Waals surface area contributed by atoms with Crippen LogP contribution < -0.4 is 15.4 Å². The molecule has 3 rings (SSSR count). The van der Waals surface area contributed by atoms with Gasteiger partial charge in [-0.1, -0.05) is 41.6 Å². The number of thioether (sulfide) groups is 1. The Labute approximate surface area is 171 Å². The van der Waals surface area contributed by atoms with Gasteiger partial charge in [0.15, 0.2) is 11.0 Å². The zero-order valence-electron chi connectivity index (χ0n) is 15.1. The van der Waals surface area contributed by atoms with Crippen LogP contribution in [0.4, 0.5) is 4.79 Å². The molecule has 1 aliphatic rings. The van der Waals surface area contributed by atoms with Crippen LogP contribution in [0.1, 0.15) is 24.7 Å². The number of urea groups is 1. The van der Waals surface area contributed by atoms with E-state index >= 15 is 0 Å². The monoisotopic (exact) mass is 421 g/mol. The van der Waals surface area contributed by atoms with Crippen LogP contribution in [0.5, 0.6) is 5.75 Å². The minimum atomic E-state index is -0.553. The summed E-state index contributed by atoms with van der Waals surface area (Å²) >= 11 is 7.34. The molecule has 1 fully saturated rings. The van der Waals surface area contributed by atoms with Gasteiger partial charge in [-0.2, -0.15) is 0 Å². The van der Waals surface area contributed by atoms with Crippen molar-refractivity contribution < 1.29 is 14.3 Å². The molecule has 1 aromatic carbocycles. The largest absolute Gasteiger partial charge is 0.484 e. The van der Waals surface area contributed by atoms with E-state index in [1.807, 2.05) is 16.7 Å². The number of rotatable bonds is 9. The molecule has 0 spiro atoms. The van der Waals surface area contributed by atoms with Gasteiger partial charge in [0.25, 0.3) is 0 Å². The van der Waals surface area contributed by atoms with Crippen LogP contribution in [0.25, 0.3) is 0 Å². The van der Waals surface area contributed by atoms with Gasteiger partial charge in [0.1, 0.15) is 12.4 Å². The first kappa shape index (κ1) is 20.2. The molecular formula is C18H20ClN5O3S. The van der Waals surface area contributed by atoms with E-state index in [1.54, 1.807) is 12.1 Å². The Morgan fingerprint density at radius 1 is 1.36 bits per heavy atom. The topological polar surface area (TPSA) is 98.1 Å². The number of halogens is 1. The van der Waals surface area contributed by atoms with Gasteiger partial charge in [-0.15, -0.1) is 16.8 Å².